The van der Waals surface area contributed by atoms with Gasteiger partial charge in [0.05, 0.1) is 13.2 Å². The summed E-state index contributed by atoms with van der Waals surface area (Å²) in [7, 11) is 1.39. The lowest BCUT2D eigenvalue weighted by atomic mass is 9.92. The lowest BCUT2D eigenvalue weighted by molar-refractivity contribution is -0.141. The van der Waals surface area contributed by atoms with Gasteiger partial charge in [0.25, 0.3) is 0 Å². The molecule has 0 radical (unpaired) electrons. The van der Waals surface area contributed by atoms with Crippen molar-refractivity contribution in [2.75, 3.05) is 13.7 Å². The summed E-state index contributed by atoms with van der Waals surface area (Å²) in [5, 5.41) is 0. The molecule has 4 heteroatoms. The van der Waals surface area contributed by atoms with Gasteiger partial charge in [-0.3, -0.25) is 4.79 Å². The van der Waals surface area contributed by atoms with Gasteiger partial charge in [-0.1, -0.05) is 0 Å². The first-order chi connectivity index (χ1) is 8.01. The van der Waals surface area contributed by atoms with Gasteiger partial charge in [-0.2, -0.15) is 0 Å². The van der Waals surface area contributed by atoms with Crippen molar-refractivity contribution in [1.29, 1.82) is 0 Å². The van der Waals surface area contributed by atoms with E-state index in [1.54, 1.807) is 6.92 Å². The molecule has 0 spiro atoms. The Bertz CT molecular complexity index is 238. The normalized spacial score (nSPS) is 14.1. The van der Waals surface area contributed by atoms with E-state index in [9.17, 15) is 9.59 Å². The number of carbonyl (C=O) groups is 2. The second-order valence-electron chi connectivity index (χ2n) is 4.28. The molecule has 0 amide bonds. The number of methoxy groups -OCH3 is 1. The standard InChI is InChI=1S/C13H24O4/c1-5-17-11(3)12(7-6-10(2)14)8-9-13(15)16-4/h11-12H,5-9H2,1-4H3. The molecule has 0 saturated heterocycles. The molecule has 100 valence electrons. The fourth-order valence-electron chi connectivity index (χ4n) is 1.81. The van der Waals surface area contributed by atoms with Crippen LogP contribution < -0.4 is 0 Å². The number of hydrogen-bond donors (Lipinski definition) is 0. The van der Waals surface area contributed by atoms with Gasteiger partial charge in [-0.25, -0.2) is 0 Å². The molecule has 0 heterocycles. The van der Waals surface area contributed by atoms with Crippen LogP contribution in [0.4, 0.5) is 0 Å². The van der Waals surface area contributed by atoms with Crippen molar-refractivity contribution < 1.29 is 19.1 Å². The largest absolute Gasteiger partial charge is 0.469 e. The molecule has 0 aliphatic heterocycles. The van der Waals surface area contributed by atoms with E-state index >= 15 is 0 Å². The zero-order chi connectivity index (χ0) is 13.3. The maximum absolute atomic E-state index is 11.1. The van der Waals surface area contributed by atoms with E-state index in [0.717, 1.165) is 6.42 Å². The summed E-state index contributed by atoms with van der Waals surface area (Å²) in [6.45, 7) is 6.17. The Kier molecular flexibility index (Phi) is 8.68. The molecule has 0 aromatic heterocycles. The molecule has 0 bridgehead atoms. The predicted octanol–water partition coefficient (Wildman–Crippen LogP) is 2.35. The van der Waals surface area contributed by atoms with Crippen molar-refractivity contribution in [2.24, 2.45) is 5.92 Å². The number of rotatable bonds is 9. The van der Waals surface area contributed by atoms with E-state index in [-0.39, 0.29) is 23.8 Å². The van der Waals surface area contributed by atoms with Crippen molar-refractivity contribution >= 4 is 11.8 Å². The number of carbonyl (C=O) groups excluding carboxylic acids is 2. The number of hydrogen-bond acceptors (Lipinski definition) is 4. The van der Waals surface area contributed by atoms with Crippen LogP contribution in [-0.4, -0.2) is 31.6 Å². The van der Waals surface area contributed by atoms with Gasteiger partial charge >= 0.3 is 5.97 Å². The average molecular weight is 244 g/mol. The molecule has 0 aliphatic rings. The minimum absolute atomic E-state index is 0.0732. The van der Waals surface area contributed by atoms with Crippen molar-refractivity contribution in [3.63, 3.8) is 0 Å². The Hall–Kier alpha value is -0.900. The number of ether oxygens (including phenoxy) is 2. The topological polar surface area (TPSA) is 52.6 Å². The van der Waals surface area contributed by atoms with Gasteiger partial charge in [0, 0.05) is 19.4 Å². The zero-order valence-corrected chi connectivity index (χ0v) is 11.3. The molecule has 0 fully saturated rings. The first kappa shape index (κ1) is 16.1. The van der Waals surface area contributed by atoms with Gasteiger partial charge in [0.15, 0.2) is 0 Å². The van der Waals surface area contributed by atoms with Crippen molar-refractivity contribution in [3.05, 3.63) is 0 Å². The third-order valence-corrected chi connectivity index (χ3v) is 2.91. The van der Waals surface area contributed by atoms with Crippen molar-refractivity contribution in [2.45, 2.75) is 52.6 Å². The van der Waals surface area contributed by atoms with Gasteiger partial charge < -0.3 is 14.3 Å². The Morgan fingerprint density at radius 3 is 2.24 bits per heavy atom. The summed E-state index contributed by atoms with van der Waals surface area (Å²) in [4.78, 5) is 22.1. The molecule has 0 aromatic carbocycles. The SMILES string of the molecule is CCOC(C)C(CCC(C)=O)CCC(=O)OC. The quantitative estimate of drug-likeness (QED) is 0.584. The first-order valence-electron chi connectivity index (χ1n) is 6.19. The molecule has 4 nitrogen and oxygen atoms in total. The van der Waals surface area contributed by atoms with E-state index in [1.807, 2.05) is 13.8 Å². The highest BCUT2D eigenvalue weighted by Crippen LogP contribution is 2.21. The lowest BCUT2D eigenvalue weighted by Crippen LogP contribution is -2.22. The summed E-state index contributed by atoms with van der Waals surface area (Å²) in [6, 6.07) is 0. The Morgan fingerprint density at radius 2 is 1.76 bits per heavy atom. The highest BCUT2D eigenvalue weighted by atomic mass is 16.5. The van der Waals surface area contributed by atoms with Crippen LogP contribution in [0.25, 0.3) is 0 Å². The zero-order valence-electron chi connectivity index (χ0n) is 11.3. The van der Waals surface area contributed by atoms with Crippen LogP contribution in [-0.2, 0) is 19.1 Å². The predicted molar refractivity (Wildman–Crippen MR) is 65.7 cm³/mol. The number of Topliss-reactive ketones (excluding diaryl/α,β-unsaturated/α-hetero) is 1. The first-order valence-corrected chi connectivity index (χ1v) is 6.19. The Labute approximate surface area is 104 Å². The summed E-state index contributed by atoms with van der Waals surface area (Å²) in [5.41, 5.74) is 0. The molecule has 0 N–H and O–H groups in total. The van der Waals surface area contributed by atoms with E-state index in [1.165, 1.54) is 7.11 Å². The lowest BCUT2D eigenvalue weighted by Gasteiger charge is -2.23. The van der Waals surface area contributed by atoms with Gasteiger partial charge in [-0.15, -0.1) is 0 Å². The molecule has 0 aliphatic carbocycles. The van der Waals surface area contributed by atoms with Crippen LogP contribution in [0.3, 0.4) is 0 Å². The average Bonchev–Trinajstić information content (AvgIpc) is 2.28. The van der Waals surface area contributed by atoms with E-state index in [2.05, 4.69) is 4.74 Å². The number of esters is 1. The minimum atomic E-state index is -0.207. The molecular weight excluding hydrogens is 220 g/mol. The molecular formula is C13H24O4. The fourth-order valence-corrected chi connectivity index (χ4v) is 1.81. The van der Waals surface area contributed by atoms with Crippen molar-refractivity contribution in [3.8, 4) is 0 Å². The molecule has 2 atom stereocenters. The van der Waals surface area contributed by atoms with E-state index in [0.29, 0.717) is 25.9 Å². The van der Waals surface area contributed by atoms with E-state index in [4.69, 9.17) is 4.74 Å². The molecule has 0 saturated carbocycles. The number of ketones is 1. The van der Waals surface area contributed by atoms with Gasteiger partial charge in [-0.05, 0) is 39.5 Å². The highest BCUT2D eigenvalue weighted by molar-refractivity contribution is 5.75. The maximum atomic E-state index is 11.1. The Morgan fingerprint density at radius 1 is 1.18 bits per heavy atom. The summed E-state index contributed by atoms with van der Waals surface area (Å²) < 4.78 is 10.2. The van der Waals surface area contributed by atoms with Crippen LogP contribution >= 0.6 is 0 Å². The van der Waals surface area contributed by atoms with Crippen LogP contribution in [0.15, 0.2) is 0 Å². The highest BCUT2D eigenvalue weighted by Gasteiger charge is 2.19. The second kappa shape index (κ2) is 9.16. The van der Waals surface area contributed by atoms with E-state index < -0.39 is 0 Å². The molecule has 0 aromatic rings. The van der Waals surface area contributed by atoms with Crippen LogP contribution in [0.1, 0.15) is 46.5 Å². The van der Waals surface area contributed by atoms with Gasteiger partial charge in [0.1, 0.15) is 5.78 Å². The maximum Gasteiger partial charge on any atom is 0.305 e. The smallest absolute Gasteiger partial charge is 0.305 e. The third-order valence-electron chi connectivity index (χ3n) is 2.91. The second-order valence-corrected chi connectivity index (χ2v) is 4.28. The van der Waals surface area contributed by atoms with Crippen molar-refractivity contribution in [1.82, 2.24) is 0 Å². The third kappa shape index (κ3) is 7.91. The summed E-state index contributed by atoms with van der Waals surface area (Å²) in [5.74, 6) is 0.205. The minimum Gasteiger partial charge on any atom is -0.469 e. The fraction of sp³-hybridized carbons (Fsp3) is 0.846. The summed E-state index contributed by atoms with van der Waals surface area (Å²) >= 11 is 0. The summed E-state index contributed by atoms with van der Waals surface area (Å²) in [6.07, 6.45) is 2.48. The van der Waals surface area contributed by atoms with Crippen LogP contribution in [0, 0.1) is 5.92 Å². The van der Waals surface area contributed by atoms with Crippen LogP contribution in [0.2, 0.25) is 0 Å². The van der Waals surface area contributed by atoms with Gasteiger partial charge in [0.2, 0.25) is 0 Å². The Balaban J connectivity index is 4.18. The monoisotopic (exact) mass is 244 g/mol. The molecule has 2 unspecified atom stereocenters. The van der Waals surface area contributed by atoms with Crippen LogP contribution in [0.5, 0.6) is 0 Å². The molecule has 0 rings (SSSR count). The molecule has 17 heavy (non-hydrogen) atoms.